The summed E-state index contributed by atoms with van der Waals surface area (Å²) in [6.45, 7) is 1.86. The number of fused-ring (bicyclic) bond motifs is 1. The Balaban J connectivity index is 1.54. The van der Waals surface area contributed by atoms with Crippen molar-refractivity contribution < 1.29 is 28.3 Å². The van der Waals surface area contributed by atoms with Gasteiger partial charge in [-0.1, -0.05) is 53.8 Å². The van der Waals surface area contributed by atoms with E-state index in [1.165, 1.54) is 23.8 Å². The summed E-state index contributed by atoms with van der Waals surface area (Å²) in [7, 11) is 2.96. The van der Waals surface area contributed by atoms with Gasteiger partial charge in [0.2, 0.25) is 0 Å². The first-order chi connectivity index (χ1) is 22.3. The third kappa shape index (κ3) is 5.61. The monoisotopic (exact) mass is 637 g/mol. The standard InChI is InChI=1S/C34H27N3O8S/c1-4-44-33(39)29-30(20-9-6-5-7-10-20)35-34-36(31(29)21-11-8-12-23(17-21)42-2)32(38)28(46-34)19-24-14-16-26(45-24)25-15-13-22(37(40)41)18-27(25)43-3/h5-19,31H,4H2,1-3H3/b28-19-. The number of rotatable bonds is 9. The molecule has 3 heterocycles. The molecule has 11 nitrogen and oxygen atoms in total. The van der Waals surface area contributed by atoms with Gasteiger partial charge in [-0.2, -0.15) is 0 Å². The van der Waals surface area contributed by atoms with Crippen LogP contribution in [0.15, 0.2) is 105 Å². The normalized spacial score (nSPS) is 14.4. The van der Waals surface area contributed by atoms with Gasteiger partial charge in [0.1, 0.15) is 23.0 Å². The highest BCUT2D eigenvalue weighted by Gasteiger charge is 2.35. The number of carbonyl (C=O) groups excluding carboxylic acids is 1. The van der Waals surface area contributed by atoms with E-state index in [0.29, 0.717) is 49.0 Å². The molecule has 1 unspecified atom stereocenters. The zero-order valence-electron chi connectivity index (χ0n) is 25.0. The molecular formula is C34H27N3O8S. The first kappa shape index (κ1) is 30.3. The molecule has 5 aromatic rings. The van der Waals surface area contributed by atoms with Crippen LogP contribution < -0.4 is 24.4 Å². The van der Waals surface area contributed by atoms with Crippen molar-refractivity contribution in [3.05, 3.63) is 137 Å². The van der Waals surface area contributed by atoms with Gasteiger partial charge in [0, 0.05) is 17.7 Å². The molecule has 3 aromatic carbocycles. The highest BCUT2D eigenvalue weighted by Crippen LogP contribution is 2.37. The Morgan fingerprint density at radius 3 is 2.57 bits per heavy atom. The number of thiazole rings is 1. The molecule has 46 heavy (non-hydrogen) atoms. The van der Waals surface area contributed by atoms with Gasteiger partial charge in [0.15, 0.2) is 4.80 Å². The van der Waals surface area contributed by atoms with Crippen molar-refractivity contribution in [3.63, 3.8) is 0 Å². The third-order valence-corrected chi connectivity index (χ3v) is 8.33. The van der Waals surface area contributed by atoms with E-state index < -0.39 is 16.9 Å². The molecule has 1 aliphatic rings. The summed E-state index contributed by atoms with van der Waals surface area (Å²) >= 11 is 1.16. The molecule has 6 rings (SSSR count). The van der Waals surface area contributed by atoms with Crippen molar-refractivity contribution in [3.8, 4) is 22.8 Å². The fourth-order valence-electron chi connectivity index (χ4n) is 5.27. The molecule has 12 heteroatoms. The summed E-state index contributed by atoms with van der Waals surface area (Å²) in [5.74, 6) is 1.01. The van der Waals surface area contributed by atoms with E-state index >= 15 is 0 Å². The van der Waals surface area contributed by atoms with Crippen molar-refractivity contribution in [1.82, 2.24) is 4.57 Å². The number of hydrogen-bond acceptors (Lipinski definition) is 10. The third-order valence-electron chi connectivity index (χ3n) is 7.34. The molecule has 0 saturated carbocycles. The van der Waals surface area contributed by atoms with Crippen molar-refractivity contribution >= 4 is 34.8 Å². The Labute approximate surface area is 266 Å². The molecule has 0 fully saturated rings. The maximum atomic E-state index is 14.2. The number of aromatic nitrogens is 1. The maximum absolute atomic E-state index is 14.2. The Morgan fingerprint density at radius 2 is 1.85 bits per heavy atom. The van der Waals surface area contributed by atoms with Gasteiger partial charge >= 0.3 is 5.97 Å². The molecule has 2 aromatic heterocycles. The molecule has 0 bridgehead atoms. The van der Waals surface area contributed by atoms with E-state index in [-0.39, 0.29) is 29.2 Å². The van der Waals surface area contributed by atoms with Crippen LogP contribution in [-0.2, 0) is 9.53 Å². The summed E-state index contributed by atoms with van der Waals surface area (Å²) in [6, 6.07) is 23.2. The average molecular weight is 638 g/mol. The molecular weight excluding hydrogens is 610 g/mol. The highest BCUT2D eigenvalue weighted by atomic mass is 32.1. The fourth-order valence-corrected chi connectivity index (χ4v) is 6.25. The Bertz CT molecular complexity index is 2180. The summed E-state index contributed by atoms with van der Waals surface area (Å²) in [5, 5.41) is 11.2. The number of nitro benzene ring substituents is 1. The SMILES string of the molecule is CCOC(=O)C1=C(c2ccccc2)N=c2s/c(=C\c3ccc(-c4ccc([N+](=O)[O-])cc4OC)o3)c(=O)n2C1c1cccc(OC)c1. The average Bonchev–Trinajstić information content (AvgIpc) is 3.67. The van der Waals surface area contributed by atoms with E-state index in [0.717, 1.165) is 11.3 Å². The zero-order valence-corrected chi connectivity index (χ0v) is 25.8. The van der Waals surface area contributed by atoms with E-state index in [4.69, 9.17) is 23.6 Å². The van der Waals surface area contributed by atoms with Gasteiger partial charge in [-0.25, -0.2) is 9.79 Å². The predicted octanol–water partition coefficient (Wildman–Crippen LogP) is 5.12. The number of esters is 1. The lowest BCUT2D eigenvalue weighted by Crippen LogP contribution is -2.40. The lowest BCUT2D eigenvalue weighted by molar-refractivity contribution is -0.384. The van der Waals surface area contributed by atoms with Gasteiger partial charge in [-0.05, 0) is 42.8 Å². The van der Waals surface area contributed by atoms with Crippen LogP contribution >= 0.6 is 11.3 Å². The van der Waals surface area contributed by atoms with E-state index in [2.05, 4.69) is 0 Å². The molecule has 0 N–H and O–H groups in total. The lowest BCUT2D eigenvalue weighted by atomic mass is 9.93. The van der Waals surface area contributed by atoms with Crippen molar-refractivity contribution in [1.29, 1.82) is 0 Å². The smallest absolute Gasteiger partial charge is 0.338 e. The van der Waals surface area contributed by atoms with Crippen LogP contribution in [-0.4, -0.2) is 36.3 Å². The van der Waals surface area contributed by atoms with Crippen molar-refractivity contribution in [2.45, 2.75) is 13.0 Å². The van der Waals surface area contributed by atoms with Crippen LogP contribution in [0.4, 0.5) is 5.69 Å². The second kappa shape index (κ2) is 12.7. The zero-order chi connectivity index (χ0) is 32.4. The van der Waals surface area contributed by atoms with Gasteiger partial charge in [0.25, 0.3) is 11.2 Å². The number of methoxy groups -OCH3 is 2. The number of ether oxygens (including phenoxy) is 3. The number of benzene rings is 3. The molecule has 1 atom stereocenters. The number of non-ortho nitro benzene ring substituents is 1. The summed E-state index contributed by atoms with van der Waals surface area (Å²) < 4.78 is 24.2. The topological polar surface area (TPSA) is 135 Å². The summed E-state index contributed by atoms with van der Waals surface area (Å²) in [6.07, 6.45) is 1.60. The predicted molar refractivity (Wildman–Crippen MR) is 171 cm³/mol. The Kier molecular flexibility index (Phi) is 8.36. The first-order valence-electron chi connectivity index (χ1n) is 14.2. The van der Waals surface area contributed by atoms with E-state index in [1.807, 2.05) is 36.4 Å². The minimum atomic E-state index is -0.862. The van der Waals surface area contributed by atoms with Crippen molar-refractivity contribution in [2.24, 2.45) is 4.99 Å². The van der Waals surface area contributed by atoms with Gasteiger partial charge in [0.05, 0.1) is 59.2 Å². The number of nitro groups is 1. The summed E-state index contributed by atoms with van der Waals surface area (Å²) in [5.41, 5.74) is 2.00. The number of furan rings is 1. The molecule has 0 aliphatic carbocycles. The molecule has 0 radical (unpaired) electrons. The lowest BCUT2D eigenvalue weighted by Gasteiger charge is -2.26. The van der Waals surface area contributed by atoms with Crippen molar-refractivity contribution in [2.75, 3.05) is 20.8 Å². The van der Waals surface area contributed by atoms with Crippen LogP contribution in [0.1, 0.15) is 29.9 Å². The quantitative estimate of drug-likeness (QED) is 0.123. The largest absolute Gasteiger partial charge is 0.497 e. The second-order valence-electron chi connectivity index (χ2n) is 10.1. The minimum Gasteiger partial charge on any atom is -0.497 e. The van der Waals surface area contributed by atoms with Gasteiger partial charge < -0.3 is 18.6 Å². The van der Waals surface area contributed by atoms with Crippen LogP contribution in [0.3, 0.4) is 0 Å². The van der Waals surface area contributed by atoms with E-state index in [1.54, 1.807) is 56.5 Å². The van der Waals surface area contributed by atoms with Crippen LogP contribution in [0.2, 0.25) is 0 Å². The number of nitrogens with zero attached hydrogens (tertiary/aromatic N) is 3. The minimum absolute atomic E-state index is 0.115. The Morgan fingerprint density at radius 1 is 1.04 bits per heavy atom. The molecule has 232 valence electrons. The van der Waals surface area contributed by atoms with Gasteiger partial charge in [-0.3, -0.25) is 19.5 Å². The Hall–Kier alpha value is -5.75. The van der Waals surface area contributed by atoms with Crippen LogP contribution in [0, 0.1) is 10.1 Å². The number of hydrogen-bond donors (Lipinski definition) is 0. The van der Waals surface area contributed by atoms with E-state index in [9.17, 15) is 19.7 Å². The maximum Gasteiger partial charge on any atom is 0.338 e. The first-order valence-corrected chi connectivity index (χ1v) is 15.0. The summed E-state index contributed by atoms with van der Waals surface area (Å²) in [4.78, 5) is 43.7. The highest BCUT2D eigenvalue weighted by molar-refractivity contribution is 7.07. The fraction of sp³-hybridized carbons (Fsp3) is 0.147. The molecule has 0 saturated heterocycles. The number of carbonyl (C=O) groups is 1. The van der Waals surface area contributed by atoms with Crippen LogP contribution in [0.5, 0.6) is 11.5 Å². The molecule has 1 aliphatic heterocycles. The molecule has 0 amide bonds. The van der Waals surface area contributed by atoms with Gasteiger partial charge in [-0.15, -0.1) is 0 Å². The molecule has 0 spiro atoms. The second-order valence-corrected chi connectivity index (χ2v) is 11.1. The van der Waals surface area contributed by atoms with Crippen LogP contribution in [0.25, 0.3) is 23.1 Å².